The van der Waals surface area contributed by atoms with E-state index in [0.717, 1.165) is 44.5 Å². The average Bonchev–Trinajstić information content (AvgIpc) is 3.07. The van der Waals surface area contributed by atoms with Gasteiger partial charge in [0.15, 0.2) is 0 Å². The molecule has 0 fully saturated rings. The molecule has 6 rings (SSSR count). The van der Waals surface area contributed by atoms with Gasteiger partial charge in [-0.15, -0.1) is 0 Å². The van der Waals surface area contributed by atoms with E-state index in [4.69, 9.17) is 36.2 Å². The van der Waals surface area contributed by atoms with Gasteiger partial charge in [-0.1, -0.05) is 24.3 Å². The summed E-state index contributed by atoms with van der Waals surface area (Å²) in [4.78, 5) is 0. The topological polar surface area (TPSA) is 142 Å². The molecule has 0 amide bonds. The molecular weight excluding hydrogens is 760 g/mol. The lowest BCUT2D eigenvalue weighted by atomic mass is 9.87. The Morgan fingerprint density at radius 1 is 0.377 bits per heavy atom. The molecule has 2 aromatic carbocycles. The molecule has 0 radical (unpaired) electrons. The summed E-state index contributed by atoms with van der Waals surface area (Å²) < 4.78 is 101. The van der Waals surface area contributed by atoms with Gasteiger partial charge in [0.1, 0.15) is 0 Å². The molecule has 0 saturated carbocycles. The Balaban J connectivity index is 2.25. The van der Waals surface area contributed by atoms with Crippen LogP contribution in [-0.4, -0.2) is 59.0 Å². The first-order valence-corrected chi connectivity index (χ1v) is 26.0. The zero-order chi connectivity index (χ0) is 39.1. The van der Waals surface area contributed by atoms with Crippen molar-refractivity contribution in [2.75, 3.05) is 59.0 Å². The van der Waals surface area contributed by atoms with Crippen LogP contribution < -0.4 is 0 Å². The fraction of sp³-hybridized carbons (Fsp3) is 0.676. The number of aryl methyl sites for hydroxylation is 5. The van der Waals surface area contributed by atoms with Crippen molar-refractivity contribution in [1.29, 1.82) is 0 Å². The Kier molecular flexibility index (Phi) is 19.4. The second-order valence-corrected chi connectivity index (χ2v) is 20.9. The van der Waals surface area contributed by atoms with Gasteiger partial charge in [-0.05, 0) is 132 Å². The SMILES string of the molecule is CCOP(=O)(CCc1cc2c(CP(=O)(OCC)OCC)cc1CCc1cc(CP(=O)(OCC)OCC)c(cc1CP(=O)(OCC)OCC)CC2)OCC. The Morgan fingerprint density at radius 2 is 0.604 bits per heavy atom. The fourth-order valence-corrected chi connectivity index (χ4v) is 13.6. The number of hydrogen-bond acceptors (Lipinski definition) is 12. The van der Waals surface area contributed by atoms with E-state index < -0.39 is 30.4 Å². The van der Waals surface area contributed by atoms with Crippen LogP contribution in [0.15, 0.2) is 24.3 Å². The second kappa shape index (κ2) is 22.1. The molecule has 12 nitrogen and oxygen atoms in total. The Hall–Kier alpha value is -0.960. The molecule has 0 heterocycles. The highest BCUT2D eigenvalue weighted by molar-refractivity contribution is 7.54. The summed E-state index contributed by atoms with van der Waals surface area (Å²) >= 11 is 0. The molecule has 0 saturated heterocycles. The lowest BCUT2D eigenvalue weighted by molar-refractivity contribution is 0.218. The molecule has 4 bridgehead atoms. The minimum absolute atomic E-state index is 0.0790. The summed E-state index contributed by atoms with van der Waals surface area (Å²) in [6.07, 6.45) is 2.98. The van der Waals surface area contributed by atoms with Crippen LogP contribution in [-0.2, 0) is 105 Å². The Morgan fingerprint density at radius 3 is 0.868 bits per heavy atom. The Labute approximate surface area is 317 Å². The van der Waals surface area contributed by atoms with Crippen LogP contribution >= 0.6 is 30.4 Å². The van der Waals surface area contributed by atoms with Gasteiger partial charge in [-0.3, -0.25) is 18.3 Å². The third-order valence-electron chi connectivity index (χ3n) is 8.72. The van der Waals surface area contributed by atoms with E-state index in [2.05, 4.69) is 12.1 Å². The minimum atomic E-state index is -3.48. The van der Waals surface area contributed by atoms with Crippen LogP contribution in [0.5, 0.6) is 0 Å². The predicted molar refractivity (Wildman–Crippen MR) is 211 cm³/mol. The first kappa shape index (κ1) is 46.4. The monoisotopic (exact) mass is 822 g/mol. The fourth-order valence-electron chi connectivity index (χ4n) is 6.74. The molecule has 0 aromatic heterocycles. The van der Waals surface area contributed by atoms with Crippen molar-refractivity contribution < 1.29 is 54.5 Å². The molecule has 0 aliphatic heterocycles. The molecule has 0 spiro atoms. The molecule has 0 unspecified atom stereocenters. The first-order valence-electron chi connectivity index (χ1n) is 19.1. The van der Waals surface area contributed by atoms with Crippen molar-refractivity contribution in [3.8, 4) is 0 Å². The van der Waals surface area contributed by atoms with Gasteiger partial charge in [-0.2, -0.15) is 0 Å². The summed E-state index contributed by atoms with van der Waals surface area (Å²) in [5, 5.41) is 0. The van der Waals surface area contributed by atoms with E-state index in [1.165, 1.54) is 0 Å². The second-order valence-electron chi connectivity index (χ2n) is 12.5. The lowest BCUT2D eigenvalue weighted by Crippen LogP contribution is -2.12. The molecule has 0 N–H and O–H groups in total. The van der Waals surface area contributed by atoms with E-state index in [0.29, 0.717) is 32.1 Å². The summed E-state index contributed by atoms with van der Waals surface area (Å²) in [6.45, 7) is 16.3. The molecule has 4 aliphatic carbocycles. The molecule has 4 aliphatic rings. The normalized spacial score (nSPS) is 14.1. The minimum Gasteiger partial charge on any atom is -0.309 e. The van der Waals surface area contributed by atoms with Crippen molar-refractivity contribution in [2.45, 2.75) is 106 Å². The highest BCUT2D eigenvalue weighted by Crippen LogP contribution is 2.55. The van der Waals surface area contributed by atoms with Crippen LogP contribution in [0.4, 0.5) is 0 Å². The summed E-state index contributed by atoms with van der Waals surface area (Å²) in [6, 6.07) is 8.29. The van der Waals surface area contributed by atoms with E-state index >= 15 is 0 Å². The van der Waals surface area contributed by atoms with Crippen LogP contribution in [0.2, 0.25) is 0 Å². The average molecular weight is 823 g/mol. The van der Waals surface area contributed by atoms with Crippen LogP contribution in [0, 0.1) is 0 Å². The summed E-state index contributed by atoms with van der Waals surface area (Å²) in [5.74, 6) is 0. The third kappa shape index (κ3) is 13.9. The van der Waals surface area contributed by atoms with Crippen molar-refractivity contribution in [1.82, 2.24) is 0 Å². The summed E-state index contributed by atoms with van der Waals surface area (Å²) in [5.41, 5.74) is 7.24. The smallest absolute Gasteiger partial charge is 0.309 e. The van der Waals surface area contributed by atoms with Gasteiger partial charge in [0.25, 0.3) is 0 Å². The molecule has 0 atom stereocenters. The molecule has 302 valence electrons. The maximum atomic E-state index is 13.9. The Bertz CT molecular complexity index is 1620. The zero-order valence-corrected chi connectivity index (χ0v) is 36.6. The maximum absolute atomic E-state index is 13.9. The molecule has 53 heavy (non-hydrogen) atoms. The quantitative estimate of drug-likeness (QED) is 0.0880. The van der Waals surface area contributed by atoms with Crippen LogP contribution in [0.3, 0.4) is 0 Å². The van der Waals surface area contributed by atoms with Crippen LogP contribution in [0.1, 0.15) is 99.9 Å². The maximum Gasteiger partial charge on any atom is 0.335 e. The van der Waals surface area contributed by atoms with Gasteiger partial charge < -0.3 is 36.2 Å². The van der Waals surface area contributed by atoms with Gasteiger partial charge in [0.05, 0.1) is 77.5 Å². The number of rotatable bonds is 25. The summed E-state index contributed by atoms with van der Waals surface area (Å²) in [7, 11) is -13.8. The van der Waals surface area contributed by atoms with Crippen molar-refractivity contribution in [3.05, 3.63) is 68.8 Å². The van der Waals surface area contributed by atoms with Gasteiger partial charge >= 0.3 is 30.4 Å². The highest BCUT2D eigenvalue weighted by atomic mass is 31.2. The van der Waals surface area contributed by atoms with E-state index in [1.807, 2.05) is 12.1 Å². The van der Waals surface area contributed by atoms with Gasteiger partial charge in [0, 0.05) is 0 Å². The molecular formula is C37H62O12P4. The third-order valence-corrected chi connectivity index (χ3v) is 16.9. The van der Waals surface area contributed by atoms with Crippen molar-refractivity contribution in [3.63, 3.8) is 0 Å². The highest BCUT2D eigenvalue weighted by Gasteiger charge is 2.32. The van der Waals surface area contributed by atoms with Crippen molar-refractivity contribution >= 4 is 30.4 Å². The van der Waals surface area contributed by atoms with E-state index in [-0.39, 0.29) is 77.5 Å². The van der Waals surface area contributed by atoms with Crippen molar-refractivity contribution in [2.24, 2.45) is 0 Å². The first-order chi connectivity index (χ1) is 25.3. The zero-order valence-electron chi connectivity index (χ0n) is 33.0. The van der Waals surface area contributed by atoms with E-state index in [9.17, 15) is 18.3 Å². The van der Waals surface area contributed by atoms with Crippen LogP contribution in [0.25, 0.3) is 0 Å². The van der Waals surface area contributed by atoms with Gasteiger partial charge in [0.2, 0.25) is 0 Å². The largest absolute Gasteiger partial charge is 0.335 e. The number of hydrogen-bond donors (Lipinski definition) is 0. The number of benzene rings is 2. The molecule has 2 aromatic rings. The van der Waals surface area contributed by atoms with Gasteiger partial charge in [-0.25, -0.2) is 0 Å². The van der Waals surface area contributed by atoms with E-state index in [1.54, 1.807) is 55.4 Å². The standard InChI is InChI=1S/C37H62O12P4/c1-9-42-50(38,43-10-2)22-21-34-23-31-19-20-33-26-36(28-52(40,46-13-5)47-14-6)32(25-37(33)29-53(41,48-15-7)49-16-8)18-17-30(34)24-35(31)27-51(39,44-11-3)45-12-4/h23-26H,9-22,27-29H2,1-8H3. The molecule has 16 heteroatoms. The predicted octanol–water partition coefficient (Wildman–Crippen LogP) is 10.7. The lowest BCUT2D eigenvalue weighted by Gasteiger charge is -2.26.